The number of rotatable bonds is 8. The van der Waals surface area contributed by atoms with Crippen molar-refractivity contribution in [2.24, 2.45) is 0 Å². The van der Waals surface area contributed by atoms with Crippen LogP contribution in [0.3, 0.4) is 0 Å². The molecule has 140 valence electrons. The van der Waals surface area contributed by atoms with Crippen molar-refractivity contribution < 1.29 is 9.18 Å². The Balaban J connectivity index is 1.56. The molecule has 0 fully saturated rings. The Labute approximate surface area is 164 Å². The minimum Gasteiger partial charge on any atom is -0.302 e. The zero-order valence-electron chi connectivity index (χ0n) is 14.4. The monoisotopic (exact) mass is 403 g/mol. The highest BCUT2D eigenvalue weighted by molar-refractivity contribution is 7.71. The summed E-state index contributed by atoms with van der Waals surface area (Å²) in [5.74, 6) is 0.349. The van der Waals surface area contributed by atoms with E-state index in [1.165, 1.54) is 23.5 Å². The van der Waals surface area contributed by atoms with E-state index in [2.05, 4.69) is 27.1 Å². The number of amides is 1. The number of H-pyrrole nitrogens is 1. The van der Waals surface area contributed by atoms with E-state index in [1.807, 2.05) is 9.95 Å². The predicted molar refractivity (Wildman–Crippen MR) is 106 cm³/mol. The first kappa shape index (κ1) is 19.1. The Bertz CT molecular complexity index is 990. The molecular formula is C18H18FN5OS2. The van der Waals surface area contributed by atoms with E-state index >= 15 is 0 Å². The number of carbonyl (C=O) groups is 1. The van der Waals surface area contributed by atoms with Crippen LogP contribution in [-0.4, -0.2) is 25.7 Å². The van der Waals surface area contributed by atoms with E-state index in [-0.39, 0.29) is 11.7 Å². The molecule has 3 rings (SSSR count). The van der Waals surface area contributed by atoms with Gasteiger partial charge in [0.1, 0.15) is 11.6 Å². The molecule has 0 aliphatic rings. The van der Waals surface area contributed by atoms with Crippen molar-refractivity contribution in [3.63, 3.8) is 0 Å². The maximum Gasteiger partial charge on any atom is 0.226 e. The van der Waals surface area contributed by atoms with Gasteiger partial charge in [0.15, 0.2) is 9.90 Å². The van der Waals surface area contributed by atoms with Crippen molar-refractivity contribution in [1.29, 1.82) is 0 Å². The van der Waals surface area contributed by atoms with Gasteiger partial charge in [-0.15, -0.1) is 17.9 Å². The van der Waals surface area contributed by atoms with Gasteiger partial charge in [-0.05, 0) is 36.3 Å². The van der Waals surface area contributed by atoms with Crippen molar-refractivity contribution in [2.45, 2.75) is 25.8 Å². The highest BCUT2D eigenvalue weighted by Crippen LogP contribution is 2.18. The normalized spacial score (nSPS) is 10.7. The largest absolute Gasteiger partial charge is 0.302 e. The van der Waals surface area contributed by atoms with Gasteiger partial charge in [-0.1, -0.05) is 18.2 Å². The molecule has 0 aliphatic heterocycles. The van der Waals surface area contributed by atoms with E-state index < -0.39 is 0 Å². The van der Waals surface area contributed by atoms with Gasteiger partial charge in [-0.3, -0.25) is 14.5 Å². The average molecular weight is 404 g/mol. The standard InChI is InChI=1S/C18H18FN5OS2/c1-2-9-24-15(22-23-18(24)26)10-14-11-27-17(20-14)21-16(25)8-5-12-3-6-13(19)7-4-12/h2-4,6-7,11H,1,5,8-10H2,(H,23,26)(H,20,21,25). The number of nitrogens with zero attached hydrogens (tertiary/aromatic N) is 3. The van der Waals surface area contributed by atoms with Crippen LogP contribution >= 0.6 is 23.6 Å². The summed E-state index contributed by atoms with van der Waals surface area (Å²) in [7, 11) is 0. The number of allylic oxidation sites excluding steroid dienone is 1. The van der Waals surface area contributed by atoms with Crippen molar-refractivity contribution in [3.8, 4) is 0 Å². The molecule has 27 heavy (non-hydrogen) atoms. The summed E-state index contributed by atoms with van der Waals surface area (Å²) in [6, 6.07) is 6.14. The fourth-order valence-electron chi connectivity index (χ4n) is 2.50. The summed E-state index contributed by atoms with van der Waals surface area (Å²) in [4.78, 5) is 16.5. The van der Waals surface area contributed by atoms with Crippen molar-refractivity contribution in [1.82, 2.24) is 19.7 Å². The molecule has 0 atom stereocenters. The summed E-state index contributed by atoms with van der Waals surface area (Å²) >= 11 is 6.56. The van der Waals surface area contributed by atoms with Gasteiger partial charge in [0.25, 0.3) is 0 Å². The molecular weight excluding hydrogens is 385 g/mol. The van der Waals surface area contributed by atoms with Gasteiger partial charge in [-0.25, -0.2) is 9.37 Å². The number of halogens is 1. The predicted octanol–water partition coefficient (Wildman–Crippen LogP) is 3.88. The molecule has 3 aromatic rings. The summed E-state index contributed by atoms with van der Waals surface area (Å²) in [6.07, 6.45) is 3.10. The number of carbonyl (C=O) groups excluding carboxylic acids is 1. The van der Waals surface area contributed by atoms with Gasteiger partial charge < -0.3 is 5.32 Å². The van der Waals surface area contributed by atoms with Crippen LogP contribution < -0.4 is 5.32 Å². The number of nitrogens with one attached hydrogen (secondary N) is 2. The number of aromatic nitrogens is 4. The molecule has 0 unspecified atom stereocenters. The molecule has 6 nitrogen and oxygen atoms in total. The molecule has 0 aliphatic carbocycles. The van der Waals surface area contributed by atoms with E-state index in [0.29, 0.717) is 35.7 Å². The Morgan fingerprint density at radius 1 is 1.41 bits per heavy atom. The van der Waals surface area contributed by atoms with E-state index in [9.17, 15) is 9.18 Å². The third-order valence-corrected chi connectivity index (χ3v) is 4.96. The van der Waals surface area contributed by atoms with Crippen LogP contribution in [0.4, 0.5) is 9.52 Å². The third kappa shape index (κ3) is 5.18. The summed E-state index contributed by atoms with van der Waals surface area (Å²) in [6.45, 7) is 4.29. The molecule has 2 aromatic heterocycles. The highest BCUT2D eigenvalue weighted by atomic mass is 32.1. The second-order valence-electron chi connectivity index (χ2n) is 5.84. The quantitative estimate of drug-likeness (QED) is 0.442. The second kappa shape index (κ2) is 8.83. The van der Waals surface area contributed by atoms with Gasteiger partial charge in [0.2, 0.25) is 5.91 Å². The molecule has 2 N–H and O–H groups in total. The lowest BCUT2D eigenvalue weighted by molar-refractivity contribution is -0.116. The Morgan fingerprint density at radius 3 is 2.93 bits per heavy atom. The summed E-state index contributed by atoms with van der Waals surface area (Å²) in [5, 5.41) is 12.2. The lowest BCUT2D eigenvalue weighted by atomic mass is 10.1. The number of aryl methyl sites for hydroxylation is 1. The van der Waals surface area contributed by atoms with Crippen LogP contribution in [0.15, 0.2) is 42.3 Å². The summed E-state index contributed by atoms with van der Waals surface area (Å²) < 4.78 is 15.3. The fraction of sp³-hybridized carbons (Fsp3) is 0.222. The molecule has 9 heteroatoms. The lowest BCUT2D eigenvalue weighted by Gasteiger charge is -2.03. The first-order chi connectivity index (χ1) is 13.0. The van der Waals surface area contributed by atoms with E-state index in [4.69, 9.17) is 12.2 Å². The molecule has 0 saturated carbocycles. The summed E-state index contributed by atoms with van der Waals surface area (Å²) in [5.41, 5.74) is 1.71. The fourth-order valence-corrected chi connectivity index (χ4v) is 3.45. The smallest absolute Gasteiger partial charge is 0.226 e. The minimum absolute atomic E-state index is 0.130. The van der Waals surface area contributed by atoms with Crippen LogP contribution in [0.2, 0.25) is 0 Å². The number of thiazole rings is 1. The molecule has 0 bridgehead atoms. The Hall–Kier alpha value is -2.65. The first-order valence-corrected chi connectivity index (χ1v) is 9.57. The molecule has 1 aromatic carbocycles. The van der Waals surface area contributed by atoms with Gasteiger partial charge in [0, 0.05) is 18.3 Å². The number of anilines is 1. The zero-order chi connectivity index (χ0) is 19.2. The van der Waals surface area contributed by atoms with Crippen LogP contribution in [0.25, 0.3) is 0 Å². The van der Waals surface area contributed by atoms with Crippen LogP contribution in [0.5, 0.6) is 0 Å². The SMILES string of the molecule is C=CCn1c(Cc2csc(NC(=O)CCc3ccc(F)cc3)n2)n[nH]c1=S. The lowest BCUT2D eigenvalue weighted by Crippen LogP contribution is -2.12. The van der Waals surface area contributed by atoms with Crippen LogP contribution in [-0.2, 0) is 24.2 Å². The Kier molecular flexibility index (Phi) is 6.25. The van der Waals surface area contributed by atoms with E-state index in [1.54, 1.807) is 18.2 Å². The average Bonchev–Trinajstić information content (AvgIpc) is 3.23. The minimum atomic E-state index is -0.284. The van der Waals surface area contributed by atoms with E-state index in [0.717, 1.165) is 17.1 Å². The number of hydrogen-bond donors (Lipinski definition) is 2. The third-order valence-electron chi connectivity index (χ3n) is 3.84. The van der Waals surface area contributed by atoms with Crippen molar-refractivity contribution in [2.75, 3.05) is 5.32 Å². The van der Waals surface area contributed by atoms with Crippen molar-refractivity contribution >= 4 is 34.6 Å². The highest BCUT2D eigenvalue weighted by Gasteiger charge is 2.11. The second-order valence-corrected chi connectivity index (χ2v) is 7.08. The zero-order valence-corrected chi connectivity index (χ0v) is 16.1. The number of benzene rings is 1. The maximum atomic E-state index is 12.9. The molecule has 0 radical (unpaired) electrons. The molecule has 1 amide bonds. The van der Waals surface area contributed by atoms with Crippen LogP contribution in [0, 0.1) is 10.6 Å². The molecule has 2 heterocycles. The van der Waals surface area contributed by atoms with Gasteiger partial charge >= 0.3 is 0 Å². The number of aromatic amines is 1. The molecule has 0 spiro atoms. The van der Waals surface area contributed by atoms with Crippen LogP contribution in [0.1, 0.15) is 23.5 Å². The Morgan fingerprint density at radius 2 is 2.19 bits per heavy atom. The van der Waals surface area contributed by atoms with Gasteiger partial charge in [-0.2, -0.15) is 5.10 Å². The molecule has 0 saturated heterocycles. The first-order valence-electron chi connectivity index (χ1n) is 8.29. The number of hydrogen-bond acceptors (Lipinski definition) is 5. The topological polar surface area (TPSA) is 75.6 Å². The van der Waals surface area contributed by atoms with Gasteiger partial charge in [0.05, 0.1) is 12.1 Å². The van der Waals surface area contributed by atoms with Crippen molar-refractivity contribution in [3.05, 3.63) is 70.0 Å². The maximum absolute atomic E-state index is 12.9.